The quantitative estimate of drug-likeness (QED) is 0.909. The van der Waals surface area contributed by atoms with Crippen molar-refractivity contribution in [2.45, 2.75) is 6.54 Å². The molecule has 0 saturated carbocycles. The summed E-state index contributed by atoms with van der Waals surface area (Å²) in [4.78, 5) is 2.56. The van der Waals surface area contributed by atoms with Crippen molar-refractivity contribution in [2.75, 3.05) is 33.3 Å². The molecule has 0 spiro atoms. The molecule has 2 atom stereocenters. The van der Waals surface area contributed by atoms with Crippen LogP contribution < -0.4 is 10.1 Å². The normalized spacial score (nSPS) is 26.0. The number of fused-ring (bicyclic) bond motifs is 1. The third-order valence-corrected chi connectivity index (χ3v) is 4.59. The highest BCUT2D eigenvalue weighted by Crippen LogP contribution is 2.30. The van der Waals surface area contributed by atoms with E-state index in [2.05, 4.69) is 32.2 Å². The van der Waals surface area contributed by atoms with E-state index in [4.69, 9.17) is 4.74 Å². The lowest BCUT2D eigenvalue weighted by molar-refractivity contribution is 0.298. The van der Waals surface area contributed by atoms with Gasteiger partial charge in [0.05, 0.1) is 7.11 Å². The second kappa shape index (κ2) is 6.44. The first-order valence-corrected chi connectivity index (χ1v) is 7.31. The third kappa shape index (κ3) is 3.24. The van der Waals surface area contributed by atoms with Crippen molar-refractivity contribution in [2.24, 2.45) is 11.8 Å². The van der Waals surface area contributed by atoms with E-state index in [1.807, 2.05) is 12.1 Å². The molecule has 2 aliphatic rings. The number of halogens is 2. The zero-order chi connectivity index (χ0) is 12.5. The van der Waals surface area contributed by atoms with E-state index in [-0.39, 0.29) is 12.4 Å². The van der Waals surface area contributed by atoms with Gasteiger partial charge in [-0.25, -0.2) is 0 Å². The molecule has 3 rings (SSSR count). The van der Waals surface area contributed by atoms with Crippen molar-refractivity contribution in [3.05, 3.63) is 28.2 Å². The van der Waals surface area contributed by atoms with Crippen molar-refractivity contribution in [1.82, 2.24) is 10.2 Å². The number of nitrogens with one attached hydrogen (secondary N) is 1. The molecule has 1 N–H and O–H groups in total. The summed E-state index contributed by atoms with van der Waals surface area (Å²) < 4.78 is 6.57. The average molecular weight is 348 g/mol. The van der Waals surface area contributed by atoms with Crippen molar-refractivity contribution in [3.63, 3.8) is 0 Å². The number of hydrogen-bond donors (Lipinski definition) is 1. The summed E-state index contributed by atoms with van der Waals surface area (Å²) in [6.07, 6.45) is 0. The zero-order valence-corrected chi connectivity index (χ0v) is 13.5. The Hall–Kier alpha value is -0.290. The summed E-state index contributed by atoms with van der Waals surface area (Å²) >= 11 is 3.54. The van der Waals surface area contributed by atoms with Crippen LogP contribution in [0.15, 0.2) is 22.7 Å². The van der Waals surface area contributed by atoms with Gasteiger partial charge >= 0.3 is 0 Å². The van der Waals surface area contributed by atoms with Crippen LogP contribution in [-0.2, 0) is 6.54 Å². The Kier molecular flexibility index (Phi) is 5.12. The minimum atomic E-state index is 0. The van der Waals surface area contributed by atoms with Crippen LogP contribution in [0.3, 0.4) is 0 Å². The van der Waals surface area contributed by atoms with Gasteiger partial charge in [-0.2, -0.15) is 0 Å². The first-order valence-electron chi connectivity index (χ1n) is 6.52. The summed E-state index contributed by atoms with van der Waals surface area (Å²) in [6.45, 7) is 5.81. The van der Waals surface area contributed by atoms with Gasteiger partial charge in [-0.3, -0.25) is 4.90 Å². The first-order chi connectivity index (χ1) is 8.76. The van der Waals surface area contributed by atoms with E-state index in [0.29, 0.717) is 0 Å². The molecule has 0 radical (unpaired) electrons. The lowest BCUT2D eigenvalue weighted by Gasteiger charge is -2.19. The van der Waals surface area contributed by atoms with Crippen LogP contribution in [0.2, 0.25) is 0 Å². The number of rotatable bonds is 3. The predicted molar refractivity (Wildman–Crippen MR) is 83.1 cm³/mol. The molecule has 5 heteroatoms. The van der Waals surface area contributed by atoms with Gasteiger partial charge in [0, 0.05) is 29.7 Å². The van der Waals surface area contributed by atoms with Gasteiger partial charge < -0.3 is 10.1 Å². The van der Waals surface area contributed by atoms with Gasteiger partial charge in [-0.15, -0.1) is 12.4 Å². The highest BCUT2D eigenvalue weighted by Gasteiger charge is 2.35. The summed E-state index contributed by atoms with van der Waals surface area (Å²) in [5.41, 5.74) is 1.28. The molecule has 2 fully saturated rings. The molecular weight excluding hydrogens is 328 g/mol. The lowest BCUT2D eigenvalue weighted by atomic mass is 10.0. The van der Waals surface area contributed by atoms with Crippen LogP contribution in [0.4, 0.5) is 0 Å². The topological polar surface area (TPSA) is 24.5 Å². The predicted octanol–water partition coefficient (Wildman–Crippen LogP) is 2.53. The molecule has 1 aromatic carbocycles. The van der Waals surface area contributed by atoms with Gasteiger partial charge in [-0.1, -0.05) is 15.9 Å². The van der Waals surface area contributed by atoms with Crippen LogP contribution in [0.1, 0.15) is 5.56 Å². The van der Waals surface area contributed by atoms with Crippen LogP contribution in [0.25, 0.3) is 0 Å². The zero-order valence-electron chi connectivity index (χ0n) is 11.1. The molecular formula is C14H20BrClN2O. The van der Waals surface area contributed by atoms with Gasteiger partial charge in [0.1, 0.15) is 5.75 Å². The van der Waals surface area contributed by atoms with E-state index in [1.165, 1.54) is 31.7 Å². The van der Waals surface area contributed by atoms with Crippen LogP contribution in [0.5, 0.6) is 5.75 Å². The Morgan fingerprint density at radius 2 is 2.00 bits per heavy atom. The number of nitrogens with zero attached hydrogens (tertiary/aromatic N) is 1. The fourth-order valence-electron chi connectivity index (χ4n) is 3.19. The van der Waals surface area contributed by atoms with Crippen molar-refractivity contribution >= 4 is 28.3 Å². The molecule has 0 amide bonds. The fraction of sp³-hybridized carbons (Fsp3) is 0.571. The van der Waals surface area contributed by atoms with Gasteiger partial charge in [0.15, 0.2) is 0 Å². The maximum atomic E-state index is 5.44. The number of likely N-dealkylation sites (tertiary alicyclic amines) is 1. The fourth-order valence-corrected chi connectivity index (χ4v) is 3.60. The smallest absolute Gasteiger partial charge is 0.123 e. The highest BCUT2D eigenvalue weighted by atomic mass is 79.9. The summed E-state index contributed by atoms with van der Waals surface area (Å²) in [5, 5.41) is 3.48. The number of ether oxygens (including phenoxy) is 1. The second-order valence-electron chi connectivity index (χ2n) is 5.33. The average Bonchev–Trinajstić information content (AvgIpc) is 2.90. The molecule has 0 aromatic heterocycles. The Morgan fingerprint density at radius 1 is 1.32 bits per heavy atom. The molecule has 2 heterocycles. The molecule has 0 bridgehead atoms. The van der Waals surface area contributed by atoms with Crippen LogP contribution >= 0.6 is 28.3 Å². The van der Waals surface area contributed by atoms with Crippen molar-refractivity contribution in [1.29, 1.82) is 0 Å². The Labute approximate surface area is 129 Å². The Morgan fingerprint density at radius 3 is 2.63 bits per heavy atom. The molecule has 19 heavy (non-hydrogen) atoms. The molecule has 0 unspecified atom stereocenters. The number of hydrogen-bond acceptors (Lipinski definition) is 3. The standard InChI is InChI=1S/C14H19BrN2O.ClH/c1-18-14-3-2-13(15)4-10(14)7-17-8-11-5-16-6-12(11)9-17;/h2-4,11-12,16H,5-9H2,1H3;1H/t11-,12+;. The molecule has 2 saturated heterocycles. The number of benzene rings is 1. The van der Waals surface area contributed by atoms with E-state index < -0.39 is 0 Å². The third-order valence-electron chi connectivity index (χ3n) is 4.10. The Bertz CT molecular complexity index is 431. The monoisotopic (exact) mass is 346 g/mol. The van der Waals surface area contributed by atoms with Gasteiger partial charge in [-0.05, 0) is 43.1 Å². The summed E-state index contributed by atoms with van der Waals surface area (Å²) in [6, 6.07) is 6.24. The minimum Gasteiger partial charge on any atom is -0.496 e. The molecule has 2 aliphatic heterocycles. The van der Waals surface area contributed by atoms with Gasteiger partial charge in [0.25, 0.3) is 0 Å². The van der Waals surface area contributed by atoms with E-state index in [9.17, 15) is 0 Å². The van der Waals surface area contributed by atoms with Crippen LogP contribution in [-0.4, -0.2) is 38.2 Å². The van der Waals surface area contributed by atoms with E-state index >= 15 is 0 Å². The van der Waals surface area contributed by atoms with Crippen molar-refractivity contribution in [3.8, 4) is 5.75 Å². The van der Waals surface area contributed by atoms with E-state index in [1.54, 1.807) is 7.11 Å². The first kappa shape index (κ1) is 15.1. The van der Waals surface area contributed by atoms with Gasteiger partial charge in [0.2, 0.25) is 0 Å². The van der Waals surface area contributed by atoms with E-state index in [0.717, 1.165) is 28.6 Å². The van der Waals surface area contributed by atoms with Crippen LogP contribution in [0, 0.1) is 11.8 Å². The van der Waals surface area contributed by atoms with Crippen molar-refractivity contribution < 1.29 is 4.74 Å². The Balaban J connectivity index is 0.00000133. The summed E-state index contributed by atoms with van der Waals surface area (Å²) in [7, 11) is 1.75. The molecule has 3 nitrogen and oxygen atoms in total. The largest absolute Gasteiger partial charge is 0.496 e. The minimum absolute atomic E-state index is 0. The SMILES string of the molecule is COc1ccc(Br)cc1CN1C[C@H]2CNC[C@H]2C1.Cl. The maximum Gasteiger partial charge on any atom is 0.123 e. The molecule has 106 valence electrons. The highest BCUT2D eigenvalue weighted by molar-refractivity contribution is 9.10. The molecule has 0 aliphatic carbocycles. The maximum absolute atomic E-state index is 5.44. The summed E-state index contributed by atoms with van der Waals surface area (Å²) in [5.74, 6) is 2.69. The second-order valence-corrected chi connectivity index (χ2v) is 6.24. The lowest BCUT2D eigenvalue weighted by Crippen LogP contribution is -2.25. The number of methoxy groups -OCH3 is 1. The molecule has 1 aromatic rings.